The molecule has 2 N–H and O–H groups in total. The van der Waals surface area contributed by atoms with E-state index in [9.17, 15) is 10.1 Å². The van der Waals surface area contributed by atoms with Crippen LogP contribution in [0.3, 0.4) is 0 Å². The Morgan fingerprint density at radius 3 is 2.81 bits per heavy atom. The highest BCUT2D eigenvalue weighted by Gasteiger charge is 2.10. The van der Waals surface area contributed by atoms with Crippen LogP contribution in [0.25, 0.3) is 5.69 Å². The second-order valence-electron chi connectivity index (χ2n) is 3.15. The Morgan fingerprint density at radius 2 is 2.19 bits per heavy atom. The molecule has 0 aliphatic rings. The van der Waals surface area contributed by atoms with E-state index in [1.165, 1.54) is 17.1 Å². The summed E-state index contributed by atoms with van der Waals surface area (Å²) >= 11 is 0. The minimum Gasteiger partial charge on any atom is -0.329 e. The van der Waals surface area contributed by atoms with Crippen molar-refractivity contribution in [3.8, 4) is 5.69 Å². The molecule has 84 valence electrons. The molecule has 2 heterocycles. The zero-order valence-corrected chi connectivity index (χ0v) is 8.35. The standard InChI is InChI=1S/C8H10N6O2/c9-1-2-12-5-7(3-10-12)13-6-8(4-11-13)14(15)16/h3-6H,1-2,9H2. The van der Waals surface area contributed by atoms with Crippen LogP contribution in [0, 0.1) is 10.1 Å². The lowest BCUT2D eigenvalue weighted by molar-refractivity contribution is -0.384. The third-order valence-electron chi connectivity index (χ3n) is 2.02. The van der Waals surface area contributed by atoms with Gasteiger partial charge in [-0.2, -0.15) is 10.2 Å². The summed E-state index contributed by atoms with van der Waals surface area (Å²) in [5.41, 5.74) is 6.00. The van der Waals surface area contributed by atoms with Crippen molar-refractivity contribution in [3.05, 3.63) is 34.9 Å². The molecule has 0 aromatic carbocycles. The van der Waals surface area contributed by atoms with E-state index in [0.29, 0.717) is 18.8 Å². The van der Waals surface area contributed by atoms with Gasteiger partial charge < -0.3 is 5.73 Å². The first kappa shape index (κ1) is 10.3. The number of nitro groups is 1. The molecule has 2 rings (SSSR count). The predicted molar refractivity (Wildman–Crippen MR) is 55.1 cm³/mol. The van der Waals surface area contributed by atoms with Crippen molar-refractivity contribution in [2.24, 2.45) is 5.73 Å². The molecule has 0 saturated heterocycles. The van der Waals surface area contributed by atoms with Gasteiger partial charge in [0.2, 0.25) is 0 Å². The summed E-state index contributed by atoms with van der Waals surface area (Å²) in [6.07, 6.45) is 5.83. The summed E-state index contributed by atoms with van der Waals surface area (Å²) in [5.74, 6) is 0. The molecule has 0 aliphatic heterocycles. The van der Waals surface area contributed by atoms with Crippen LogP contribution in [-0.2, 0) is 6.54 Å². The average Bonchev–Trinajstić information content (AvgIpc) is 2.84. The molecule has 0 amide bonds. The van der Waals surface area contributed by atoms with Gasteiger partial charge in [0, 0.05) is 6.54 Å². The fraction of sp³-hybridized carbons (Fsp3) is 0.250. The molecule has 2 aromatic heterocycles. The maximum absolute atomic E-state index is 10.5. The average molecular weight is 222 g/mol. The van der Waals surface area contributed by atoms with Gasteiger partial charge in [0.1, 0.15) is 18.1 Å². The van der Waals surface area contributed by atoms with E-state index in [2.05, 4.69) is 10.2 Å². The third kappa shape index (κ3) is 1.91. The lowest BCUT2D eigenvalue weighted by atomic mass is 10.5. The van der Waals surface area contributed by atoms with Crippen LogP contribution in [-0.4, -0.2) is 31.0 Å². The highest BCUT2D eigenvalue weighted by molar-refractivity contribution is 5.30. The third-order valence-corrected chi connectivity index (χ3v) is 2.02. The van der Waals surface area contributed by atoms with E-state index in [1.807, 2.05) is 0 Å². The summed E-state index contributed by atoms with van der Waals surface area (Å²) < 4.78 is 3.06. The number of hydrogen-bond acceptors (Lipinski definition) is 5. The van der Waals surface area contributed by atoms with Crippen molar-refractivity contribution in [2.75, 3.05) is 6.54 Å². The maximum atomic E-state index is 10.5. The Morgan fingerprint density at radius 1 is 1.38 bits per heavy atom. The highest BCUT2D eigenvalue weighted by atomic mass is 16.6. The van der Waals surface area contributed by atoms with Gasteiger partial charge in [-0.15, -0.1) is 0 Å². The van der Waals surface area contributed by atoms with Gasteiger partial charge in [-0.1, -0.05) is 0 Å². The van der Waals surface area contributed by atoms with Gasteiger partial charge in [-0.05, 0) is 0 Å². The van der Waals surface area contributed by atoms with Crippen molar-refractivity contribution in [2.45, 2.75) is 6.54 Å². The second kappa shape index (κ2) is 4.11. The van der Waals surface area contributed by atoms with Crippen LogP contribution in [0.15, 0.2) is 24.8 Å². The minimum atomic E-state index is -0.492. The van der Waals surface area contributed by atoms with Gasteiger partial charge in [0.15, 0.2) is 0 Å². The van der Waals surface area contributed by atoms with Crippen LogP contribution in [0.5, 0.6) is 0 Å². The van der Waals surface area contributed by atoms with Gasteiger partial charge >= 0.3 is 5.69 Å². The Hall–Kier alpha value is -2.22. The molecule has 0 spiro atoms. The summed E-state index contributed by atoms with van der Waals surface area (Å²) in [6, 6.07) is 0. The number of hydrogen-bond donors (Lipinski definition) is 1. The molecular weight excluding hydrogens is 212 g/mol. The minimum absolute atomic E-state index is 0.0495. The molecule has 0 bridgehead atoms. The maximum Gasteiger partial charge on any atom is 0.307 e. The number of nitrogens with zero attached hydrogens (tertiary/aromatic N) is 5. The summed E-state index contributed by atoms with van der Waals surface area (Å²) in [4.78, 5) is 9.98. The summed E-state index contributed by atoms with van der Waals surface area (Å²) in [6.45, 7) is 1.09. The quantitative estimate of drug-likeness (QED) is 0.576. The zero-order chi connectivity index (χ0) is 11.5. The normalized spacial score (nSPS) is 10.6. The molecule has 8 heteroatoms. The molecule has 16 heavy (non-hydrogen) atoms. The van der Waals surface area contributed by atoms with Crippen molar-refractivity contribution in [1.82, 2.24) is 19.6 Å². The van der Waals surface area contributed by atoms with Crippen LogP contribution >= 0.6 is 0 Å². The van der Waals surface area contributed by atoms with Crippen molar-refractivity contribution in [1.29, 1.82) is 0 Å². The predicted octanol–water partition coefficient (Wildman–Crippen LogP) is -0.0643. The first-order valence-electron chi connectivity index (χ1n) is 4.62. The van der Waals surface area contributed by atoms with Crippen LogP contribution in [0.1, 0.15) is 0 Å². The Labute approximate surface area is 90.4 Å². The molecule has 8 nitrogen and oxygen atoms in total. The van der Waals surface area contributed by atoms with Crippen molar-refractivity contribution < 1.29 is 4.92 Å². The molecule has 2 aromatic rings. The monoisotopic (exact) mass is 222 g/mol. The van der Waals surface area contributed by atoms with Gasteiger partial charge in [0.25, 0.3) is 0 Å². The number of aromatic nitrogens is 4. The van der Waals surface area contributed by atoms with Crippen LogP contribution in [0.4, 0.5) is 5.69 Å². The van der Waals surface area contributed by atoms with Gasteiger partial charge in [0.05, 0.1) is 23.9 Å². The largest absolute Gasteiger partial charge is 0.329 e. The molecule has 0 saturated carbocycles. The van der Waals surface area contributed by atoms with E-state index in [4.69, 9.17) is 5.73 Å². The van der Waals surface area contributed by atoms with E-state index < -0.39 is 4.92 Å². The van der Waals surface area contributed by atoms with Crippen LogP contribution in [0.2, 0.25) is 0 Å². The smallest absolute Gasteiger partial charge is 0.307 e. The molecule has 0 fully saturated rings. The van der Waals surface area contributed by atoms with E-state index >= 15 is 0 Å². The molecule has 0 atom stereocenters. The van der Waals surface area contributed by atoms with Gasteiger partial charge in [-0.25, -0.2) is 4.68 Å². The summed E-state index contributed by atoms with van der Waals surface area (Å²) in [5, 5.41) is 18.4. The highest BCUT2D eigenvalue weighted by Crippen LogP contribution is 2.12. The Balaban J connectivity index is 2.24. The number of nitrogens with two attached hydrogens (primary N) is 1. The fourth-order valence-corrected chi connectivity index (χ4v) is 1.27. The lowest BCUT2D eigenvalue weighted by Gasteiger charge is -1.95. The van der Waals surface area contributed by atoms with E-state index in [0.717, 1.165) is 0 Å². The Kier molecular flexibility index (Phi) is 2.64. The molecule has 0 aliphatic carbocycles. The fourth-order valence-electron chi connectivity index (χ4n) is 1.27. The van der Waals surface area contributed by atoms with Crippen LogP contribution < -0.4 is 5.73 Å². The first-order chi connectivity index (χ1) is 7.70. The first-order valence-corrected chi connectivity index (χ1v) is 4.62. The zero-order valence-electron chi connectivity index (χ0n) is 8.35. The SMILES string of the molecule is NCCn1cc(-n2cc([N+](=O)[O-])cn2)cn1. The lowest BCUT2D eigenvalue weighted by Crippen LogP contribution is -2.09. The Bertz CT molecular complexity index is 502. The molecule has 0 radical (unpaired) electrons. The van der Waals surface area contributed by atoms with E-state index in [-0.39, 0.29) is 5.69 Å². The second-order valence-corrected chi connectivity index (χ2v) is 3.15. The van der Waals surface area contributed by atoms with E-state index in [1.54, 1.807) is 17.1 Å². The van der Waals surface area contributed by atoms with Crippen molar-refractivity contribution >= 4 is 5.69 Å². The molecule has 0 unspecified atom stereocenters. The molecular formula is C8H10N6O2. The van der Waals surface area contributed by atoms with Gasteiger partial charge in [-0.3, -0.25) is 14.8 Å². The number of rotatable bonds is 4. The topological polar surface area (TPSA) is 105 Å². The van der Waals surface area contributed by atoms with Crippen molar-refractivity contribution in [3.63, 3.8) is 0 Å². The summed E-state index contributed by atoms with van der Waals surface area (Å²) in [7, 11) is 0.